The third-order valence-electron chi connectivity index (χ3n) is 5.90. The fourth-order valence-electron chi connectivity index (χ4n) is 3.83. The van der Waals surface area contributed by atoms with Gasteiger partial charge in [-0.25, -0.2) is 17.7 Å². The number of aromatic nitrogens is 1. The maximum atomic E-state index is 13.6. The van der Waals surface area contributed by atoms with Crippen molar-refractivity contribution in [1.29, 1.82) is 0 Å². The van der Waals surface area contributed by atoms with E-state index in [4.69, 9.17) is 14.5 Å². The molecule has 0 saturated carbocycles. The molecule has 36 heavy (non-hydrogen) atoms. The van der Waals surface area contributed by atoms with E-state index in [1.807, 2.05) is 18.2 Å². The number of hydrogen-bond acceptors (Lipinski definition) is 8. The zero-order valence-electron chi connectivity index (χ0n) is 20.5. The number of halogens is 1. The lowest BCUT2D eigenvalue weighted by Gasteiger charge is -2.27. The van der Waals surface area contributed by atoms with E-state index in [1.165, 1.54) is 37.6 Å². The van der Waals surface area contributed by atoms with E-state index in [0.717, 1.165) is 59.5 Å². The van der Waals surface area contributed by atoms with Gasteiger partial charge in [0.1, 0.15) is 5.75 Å². The maximum Gasteiger partial charge on any atom is 0.260 e. The summed E-state index contributed by atoms with van der Waals surface area (Å²) in [6.45, 7) is 4.57. The second-order valence-electron chi connectivity index (χ2n) is 8.41. The average Bonchev–Trinajstić information content (AvgIpc) is 3.29. The molecule has 1 amide bonds. The first-order chi connectivity index (χ1) is 16.8. The smallest absolute Gasteiger partial charge is 0.260 e. The van der Waals surface area contributed by atoms with E-state index < -0.39 is 10.0 Å². The number of methoxy groups -OCH3 is 1. The van der Waals surface area contributed by atoms with E-state index in [-0.39, 0.29) is 23.2 Å². The predicted molar refractivity (Wildman–Crippen MR) is 144 cm³/mol. The van der Waals surface area contributed by atoms with Crippen LogP contribution in [-0.4, -0.2) is 89.1 Å². The fourth-order valence-corrected chi connectivity index (χ4v) is 5.75. The van der Waals surface area contributed by atoms with Gasteiger partial charge in [-0.1, -0.05) is 11.3 Å². The van der Waals surface area contributed by atoms with E-state index >= 15 is 0 Å². The summed E-state index contributed by atoms with van der Waals surface area (Å²) in [5.41, 5.74) is 1.20. The number of carbonyl (C=O) groups is 1. The number of benzene rings is 2. The van der Waals surface area contributed by atoms with Gasteiger partial charge in [-0.15, -0.1) is 12.4 Å². The van der Waals surface area contributed by atoms with Gasteiger partial charge < -0.3 is 9.47 Å². The molecule has 1 aromatic heterocycles. The zero-order chi connectivity index (χ0) is 25.0. The van der Waals surface area contributed by atoms with Gasteiger partial charge in [-0.2, -0.15) is 0 Å². The van der Waals surface area contributed by atoms with Gasteiger partial charge in [0.25, 0.3) is 5.91 Å². The van der Waals surface area contributed by atoms with Crippen molar-refractivity contribution in [1.82, 2.24) is 14.2 Å². The molecule has 0 unspecified atom stereocenters. The number of nitrogens with zero attached hydrogens (tertiary/aromatic N) is 4. The van der Waals surface area contributed by atoms with Crippen LogP contribution in [0.4, 0.5) is 5.13 Å². The van der Waals surface area contributed by atoms with Crippen molar-refractivity contribution in [3.63, 3.8) is 0 Å². The third-order valence-corrected chi connectivity index (χ3v) is 8.77. The van der Waals surface area contributed by atoms with Crippen LogP contribution in [0, 0.1) is 0 Å². The molecule has 0 bridgehead atoms. The van der Waals surface area contributed by atoms with Crippen molar-refractivity contribution >= 4 is 55.0 Å². The highest BCUT2D eigenvalue weighted by atomic mass is 35.5. The number of ether oxygens (including phenoxy) is 2. The van der Waals surface area contributed by atoms with Gasteiger partial charge in [-0.3, -0.25) is 14.6 Å². The molecule has 3 aromatic rings. The minimum Gasteiger partial charge on any atom is -0.497 e. The Morgan fingerprint density at radius 1 is 1.14 bits per heavy atom. The molecule has 196 valence electrons. The average molecular weight is 555 g/mol. The molecule has 0 aliphatic carbocycles. The summed E-state index contributed by atoms with van der Waals surface area (Å²) in [6.07, 6.45) is 0.776. The first-order valence-electron chi connectivity index (χ1n) is 11.4. The van der Waals surface area contributed by atoms with Crippen LogP contribution in [0.25, 0.3) is 10.2 Å². The molecule has 0 radical (unpaired) electrons. The second-order valence-corrected chi connectivity index (χ2v) is 11.6. The highest BCUT2D eigenvalue weighted by Crippen LogP contribution is 2.32. The van der Waals surface area contributed by atoms with E-state index in [1.54, 1.807) is 24.1 Å². The third kappa shape index (κ3) is 6.34. The Morgan fingerprint density at radius 3 is 2.47 bits per heavy atom. The predicted octanol–water partition coefficient (Wildman–Crippen LogP) is 3.35. The maximum absolute atomic E-state index is 13.6. The highest BCUT2D eigenvalue weighted by molar-refractivity contribution is 7.89. The summed E-state index contributed by atoms with van der Waals surface area (Å²) in [6, 6.07) is 11.7. The number of rotatable bonds is 9. The lowest BCUT2D eigenvalue weighted by molar-refractivity contribution is 0.0376. The van der Waals surface area contributed by atoms with Gasteiger partial charge in [0, 0.05) is 45.8 Å². The molecule has 0 spiro atoms. The number of hydrogen-bond donors (Lipinski definition) is 0. The molecule has 4 rings (SSSR count). The van der Waals surface area contributed by atoms with Crippen LogP contribution >= 0.6 is 23.7 Å². The number of carbonyl (C=O) groups excluding carboxylic acids is 1. The number of sulfonamides is 1. The first-order valence-corrected chi connectivity index (χ1v) is 13.6. The molecule has 0 N–H and O–H groups in total. The Morgan fingerprint density at radius 2 is 1.83 bits per heavy atom. The van der Waals surface area contributed by atoms with Gasteiger partial charge in [-0.05, 0) is 48.9 Å². The number of fused-ring (bicyclic) bond motifs is 1. The molecule has 2 heterocycles. The lowest BCUT2D eigenvalue weighted by atomic mass is 10.2. The van der Waals surface area contributed by atoms with Gasteiger partial charge in [0.15, 0.2) is 5.13 Å². The molecule has 12 heteroatoms. The van der Waals surface area contributed by atoms with Crippen LogP contribution < -0.4 is 9.64 Å². The monoisotopic (exact) mass is 554 g/mol. The zero-order valence-corrected chi connectivity index (χ0v) is 23.0. The molecule has 1 fully saturated rings. The molecule has 9 nitrogen and oxygen atoms in total. The topological polar surface area (TPSA) is 92.3 Å². The van der Waals surface area contributed by atoms with Crippen molar-refractivity contribution in [3.05, 3.63) is 48.0 Å². The first kappa shape index (κ1) is 28.3. The Kier molecular flexibility index (Phi) is 9.67. The van der Waals surface area contributed by atoms with Crippen LogP contribution in [0.2, 0.25) is 0 Å². The number of amides is 1. The minimum atomic E-state index is -3.57. The van der Waals surface area contributed by atoms with Crippen LogP contribution in [0.5, 0.6) is 5.75 Å². The molecule has 1 aliphatic heterocycles. The standard InChI is InChI=1S/C24H30N4O5S2.ClH/c1-26(2)35(30,31)20-8-5-18(6-9-20)23(29)28(12-4-11-27-13-15-33-16-14-27)24-25-21-10-7-19(32-3)17-22(21)34-24;/h5-10,17H,4,11-16H2,1-3H3;1H. The van der Waals surface area contributed by atoms with Crippen molar-refractivity contribution in [2.75, 3.05) is 65.5 Å². The number of thiazole rings is 1. The Balaban J connectivity index is 0.00000361. The van der Waals surface area contributed by atoms with Gasteiger partial charge >= 0.3 is 0 Å². The Hall–Kier alpha value is -2.28. The quantitative estimate of drug-likeness (QED) is 0.400. The van der Waals surface area contributed by atoms with Crippen molar-refractivity contribution in [2.24, 2.45) is 0 Å². The minimum absolute atomic E-state index is 0. The number of anilines is 1. The number of morpholine rings is 1. The van der Waals surface area contributed by atoms with Crippen LogP contribution in [0.15, 0.2) is 47.4 Å². The molecule has 1 aliphatic rings. The van der Waals surface area contributed by atoms with Crippen LogP contribution in [-0.2, 0) is 14.8 Å². The van der Waals surface area contributed by atoms with Crippen LogP contribution in [0.3, 0.4) is 0 Å². The lowest BCUT2D eigenvalue weighted by Crippen LogP contribution is -2.39. The summed E-state index contributed by atoms with van der Waals surface area (Å²) in [5, 5.41) is 0.602. The normalized spacial score (nSPS) is 14.6. The highest BCUT2D eigenvalue weighted by Gasteiger charge is 2.23. The molecule has 2 aromatic carbocycles. The summed E-state index contributed by atoms with van der Waals surface area (Å²) < 4.78 is 37.6. The molecular formula is C24H31ClN4O5S2. The summed E-state index contributed by atoms with van der Waals surface area (Å²) >= 11 is 1.43. The molecule has 1 saturated heterocycles. The largest absolute Gasteiger partial charge is 0.497 e. The SMILES string of the molecule is COc1ccc2nc(N(CCCN3CCOCC3)C(=O)c3ccc(S(=O)(=O)N(C)C)cc3)sc2c1.Cl. The molecular weight excluding hydrogens is 524 g/mol. The summed E-state index contributed by atoms with van der Waals surface area (Å²) in [7, 11) is 1.00. The molecule has 0 atom stereocenters. The van der Waals surface area contributed by atoms with E-state index in [0.29, 0.717) is 17.2 Å². The van der Waals surface area contributed by atoms with Crippen LogP contribution in [0.1, 0.15) is 16.8 Å². The second kappa shape index (κ2) is 12.3. The van der Waals surface area contributed by atoms with Gasteiger partial charge in [0.2, 0.25) is 10.0 Å². The van der Waals surface area contributed by atoms with E-state index in [9.17, 15) is 13.2 Å². The fraction of sp³-hybridized carbons (Fsp3) is 0.417. The van der Waals surface area contributed by atoms with Gasteiger partial charge in [0.05, 0.1) is 35.4 Å². The van der Waals surface area contributed by atoms with Crippen molar-refractivity contribution < 1.29 is 22.7 Å². The van der Waals surface area contributed by atoms with E-state index in [2.05, 4.69) is 4.90 Å². The van der Waals surface area contributed by atoms with Crippen molar-refractivity contribution in [2.45, 2.75) is 11.3 Å². The summed E-state index contributed by atoms with van der Waals surface area (Å²) in [4.78, 5) is 22.5. The van der Waals surface area contributed by atoms with Crippen molar-refractivity contribution in [3.8, 4) is 5.75 Å². The summed E-state index contributed by atoms with van der Waals surface area (Å²) in [5.74, 6) is 0.516. The Bertz CT molecular complexity index is 1280. The Labute approximate surface area is 222 Å².